The Morgan fingerprint density at radius 1 is 0.929 bits per heavy atom. The second-order valence-electron chi connectivity index (χ2n) is 7.66. The second-order valence-corrected chi connectivity index (χ2v) is 7.66. The molecule has 1 N–H and O–H groups in total. The molecule has 0 atom stereocenters. The maximum atomic E-state index is 13.3. The SMILES string of the molecule is Cc1cc(C)c(NC(=O)c2nc3ccccc3nc2N2CCCCC2)c(C)c1. The number of piperidine rings is 1. The molecule has 1 amide bonds. The first-order valence-electron chi connectivity index (χ1n) is 9.94. The van der Waals surface area contributed by atoms with Crippen LogP contribution in [0.5, 0.6) is 0 Å². The molecule has 2 heterocycles. The fourth-order valence-electron chi connectivity index (χ4n) is 4.02. The van der Waals surface area contributed by atoms with Gasteiger partial charge in [-0.2, -0.15) is 0 Å². The predicted molar refractivity (Wildman–Crippen MR) is 114 cm³/mol. The maximum absolute atomic E-state index is 13.3. The molecule has 28 heavy (non-hydrogen) atoms. The summed E-state index contributed by atoms with van der Waals surface area (Å²) in [6, 6.07) is 11.9. The van der Waals surface area contributed by atoms with Crippen LogP contribution in [-0.4, -0.2) is 29.0 Å². The van der Waals surface area contributed by atoms with Gasteiger partial charge in [-0.25, -0.2) is 9.97 Å². The molecular weight excluding hydrogens is 348 g/mol. The van der Waals surface area contributed by atoms with Gasteiger partial charge in [0.1, 0.15) is 0 Å². The van der Waals surface area contributed by atoms with Crippen molar-refractivity contribution in [1.82, 2.24) is 9.97 Å². The molecule has 0 radical (unpaired) electrons. The van der Waals surface area contributed by atoms with Gasteiger partial charge < -0.3 is 10.2 Å². The zero-order valence-electron chi connectivity index (χ0n) is 16.7. The average Bonchev–Trinajstić information content (AvgIpc) is 2.70. The Morgan fingerprint density at radius 2 is 1.54 bits per heavy atom. The summed E-state index contributed by atoms with van der Waals surface area (Å²) in [5, 5.41) is 3.10. The molecule has 1 fully saturated rings. The van der Waals surface area contributed by atoms with Crippen molar-refractivity contribution in [3.8, 4) is 0 Å². The second kappa shape index (κ2) is 7.58. The van der Waals surface area contributed by atoms with Crippen molar-refractivity contribution in [3.05, 3.63) is 58.8 Å². The highest BCUT2D eigenvalue weighted by Gasteiger charge is 2.23. The molecule has 5 heteroatoms. The lowest BCUT2D eigenvalue weighted by atomic mass is 10.0. The van der Waals surface area contributed by atoms with Gasteiger partial charge in [-0.1, -0.05) is 29.8 Å². The van der Waals surface area contributed by atoms with E-state index in [1.807, 2.05) is 38.1 Å². The molecule has 0 aliphatic carbocycles. The van der Waals surface area contributed by atoms with Gasteiger partial charge in [0.15, 0.2) is 11.5 Å². The van der Waals surface area contributed by atoms with Gasteiger partial charge in [-0.05, 0) is 63.3 Å². The molecular formula is C23H26N4O. The number of rotatable bonds is 3. The highest BCUT2D eigenvalue weighted by molar-refractivity contribution is 6.08. The van der Waals surface area contributed by atoms with Crippen LogP contribution in [0.3, 0.4) is 0 Å². The summed E-state index contributed by atoms with van der Waals surface area (Å²) in [4.78, 5) is 25.0. The zero-order chi connectivity index (χ0) is 19.7. The largest absolute Gasteiger partial charge is 0.355 e. The van der Waals surface area contributed by atoms with Crippen molar-refractivity contribution >= 4 is 28.4 Å². The number of para-hydroxylation sites is 2. The Labute approximate surface area is 165 Å². The van der Waals surface area contributed by atoms with E-state index in [0.717, 1.165) is 53.8 Å². The maximum Gasteiger partial charge on any atom is 0.278 e. The first-order chi connectivity index (χ1) is 13.5. The van der Waals surface area contributed by atoms with Crippen LogP contribution in [0.25, 0.3) is 11.0 Å². The normalized spacial score (nSPS) is 14.3. The number of fused-ring (bicyclic) bond motifs is 1. The van der Waals surface area contributed by atoms with Gasteiger partial charge in [0.25, 0.3) is 5.91 Å². The van der Waals surface area contributed by atoms with Crippen molar-refractivity contribution in [2.75, 3.05) is 23.3 Å². The lowest BCUT2D eigenvalue weighted by molar-refractivity contribution is 0.102. The van der Waals surface area contributed by atoms with E-state index in [2.05, 4.69) is 29.3 Å². The van der Waals surface area contributed by atoms with E-state index in [9.17, 15) is 4.79 Å². The van der Waals surface area contributed by atoms with Crippen LogP contribution in [0.4, 0.5) is 11.5 Å². The van der Waals surface area contributed by atoms with Crippen molar-refractivity contribution in [1.29, 1.82) is 0 Å². The van der Waals surface area contributed by atoms with Crippen molar-refractivity contribution in [3.63, 3.8) is 0 Å². The first-order valence-corrected chi connectivity index (χ1v) is 9.94. The number of nitrogens with one attached hydrogen (secondary N) is 1. The molecule has 0 saturated carbocycles. The number of carbonyl (C=O) groups is 1. The van der Waals surface area contributed by atoms with E-state index in [1.54, 1.807) is 0 Å². The van der Waals surface area contributed by atoms with Crippen molar-refractivity contribution in [2.45, 2.75) is 40.0 Å². The van der Waals surface area contributed by atoms with Crippen molar-refractivity contribution in [2.24, 2.45) is 0 Å². The quantitative estimate of drug-likeness (QED) is 0.715. The molecule has 4 rings (SSSR count). The number of hydrogen-bond acceptors (Lipinski definition) is 4. The molecule has 2 aromatic carbocycles. The number of amides is 1. The van der Waals surface area contributed by atoms with Crippen LogP contribution in [0, 0.1) is 20.8 Å². The lowest BCUT2D eigenvalue weighted by Gasteiger charge is -2.29. The first kappa shape index (κ1) is 18.4. The Bertz CT molecular complexity index is 1010. The molecule has 5 nitrogen and oxygen atoms in total. The van der Waals surface area contributed by atoms with E-state index in [-0.39, 0.29) is 5.91 Å². The molecule has 1 aliphatic rings. The van der Waals surface area contributed by atoms with Gasteiger partial charge >= 0.3 is 0 Å². The van der Waals surface area contributed by atoms with Crippen LogP contribution >= 0.6 is 0 Å². The number of aromatic nitrogens is 2. The molecule has 0 unspecified atom stereocenters. The average molecular weight is 374 g/mol. The fourth-order valence-corrected chi connectivity index (χ4v) is 4.02. The Hall–Kier alpha value is -2.95. The summed E-state index contributed by atoms with van der Waals surface area (Å²) in [5.41, 5.74) is 6.12. The van der Waals surface area contributed by atoms with Gasteiger partial charge in [0.2, 0.25) is 0 Å². The van der Waals surface area contributed by atoms with E-state index in [1.165, 1.54) is 12.0 Å². The summed E-state index contributed by atoms with van der Waals surface area (Å²) in [5.74, 6) is 0.493. The summed E-state index contributed by atoms with van der Waals surface area (Å²) >= 11 is 0. The third-order valence-corrected chi connectivity index (χ3v) is 5.34. The zero-order valence-corrected chi connectivity index (χ0v) is 16.7. The standard InChI is InChI=1S/C23H26N4O/c1-15-13-16(2)20(17(3)14-15)26-23(28)21-22(27-11-7-4-8-12-27)25-19-10-6-5-9-18(19)24-21/h5-6,9-10,13-14H,4,7-8,11-12H2,1-3H3,(H,26,28). The van der Waals surface area contributed by atoms with E-state index < -0.39 is 0 Å². The Kier molecular flexibility index (Phi) is 4.99. The van der Waals surface area contributed by atoms with Gasteiger partial charge in [0, 0.05) is 18.8 Å². The van der Waals surface area contributed by atoms with Crippen LogP contribution in [0.1, 0.15) is 46.4 Å². The predicted octanol–water partition coefficient (Wildman–Crippen LogP) is 4.80. The smallest absolute Gasteiger partial charge is 0.278 e. The van der Waals surface area contributed by atoms with Gasteiger partial charge in [0.05, 0.1) is 11.0 Å². The third kappa shape index (κ3) is 3.57. The van der Waals surface area contributed by atoms with Crippen molar-refractivity contribution < 1.29 is 4.79 Å². The molecule has 1 aromatic heterocycles. The Balaban J connectivity index is 1.76. The number of aryl methyl sites for hydroxylation is 3. The number of carbonyl (C=O) groups excluding carboxylic acids is 1. The summed E-state index contributed by atoms with van der Waals surface area (Å²) in [6.07, 6.45) is 3.46. The summed E-state index contributed by atoms with van der Waals surface area (Å²) < 4.78 is 0. The van der Waals surface area contributed by atoms with Gasteiger partial charge in [-0.3, -0.25) is 4.79 Å². The number of nitrogens with zero attached hydrogens (tertiary/aromatic N) is 3. The van der Waals surface area contributed by atoms with Crippen LogP contribution in [0.2, 0.25) is 0 Å². The molecule has 3 aromatic rings. The topological polar surface area (TPSA) is 58.1 Å². The van der Waals surface area contributed by atoms with Crippen LogP contribution in [-0.2, 0) is 0 Å². The van der Waals surface area contributed by atoms with Gasteiger partial charge in [-0.15, -0.1) is 0 Å². The minimum Gasteiger partial charge on any atom is -0.355 e. The summed E-state index contributed by atoms with van der Waals surface area (Å²) in [7, 11) is 0. The highest BCUT2D eigenvalue weighted by atomic mass is 16.1. The fraction of sp³-hybridized carbons (Fsp3) is 0.348. The molecule has 0 spiro atoms. The number of anilines is 2. The summed E-state index contributed by atoms with van der Waals surface area (Å²) in [6.45, 7) is 7.93. The minimum atomic E-state index is -0.200. The molecule has 0 bridgehead atoms. The van der Waals surface area contributed by atoms with Crippen LogP contribution in [0.15, 0.2) is 36.4 Å². The Morgan fingerprint density at radius 3 is 2.18 bits per heavy atom. The number of benzene rings is 2. The molecule has 1 saturated heterocycles. The molecule has 1 aliphatic heterocycles. The monoisotopic (exact) mass is 374 g/mol. The van der Waals surface area contributed by atoms with Crippen LogP contribution < -0.4 is 10.2 Å². The van der Waals surface area contributed by atoms with E-state index >= 15 is 0 Å². The third-order valence-electron chi connectivity index (χ3n) is 5.34. The number of hydrogen-bond donors (Lipinski definition) is 1. The van der Waals surface area contributed by atoms with E-state index in [4.69, 9.17) is 9.97 Å². The highest BCUT2D eigenvalue weighted by Crippen LogP contribution is 2.27. The van der Waals surface area contributed by atoms with E-state index in [0.29, 0.717) is 11.5 Å². The lowest BCUT2D eigenvalue weighted by Crippen LogP contribution is -2.33. The molecule has 144 valence electrons. The minimum absolute atomic E-state index is 0.200.